The SMILES string of the molecule is Cc1ncn(CC(=O)N2CCC3(CCC(=O)N(Cc4ccccn4)C3)CC2)c1C. The largest absolute Gasteiger partial charge is 0.341 e. The van der Waals surface area contributed by atoms with Crippen molar-refractivity contribution in [2.24, 2.45) is 5.41 Å². The van der Waals surface area contributed by atoms with Crippen LogP contribution in [0.15, 0.2) is 30.7 Å². The second kappa shape index (κ2) is 7.97. The van der Waals surface area contributed by atoms with Gasteiger partial charge in [0.05, 0.1) is 24.3 Å². The molecule has 0 aliphatic carbocycles. The Morgan fingerprint density at radius 2 is 1.93 bits per heavy atom. The van der Waals surface area contributed by atoms with Crippen LogP contribution < -0.4 is 0 Å². The predicted octanol–water partition coefficient (Wildman–Crippen LogP) is 2.33. The summed E-state index contributed by atoms with van der Waals surface area (Å²) < 4.78 is 1.93. The number of carbonyl (C=O) groups excluding carboxylic acids is 2. The third-order valence-corrected chi connectivity index (χ3v) is 6.65. The van der Waals surface area contributed by atoms with Crippen molar-refractivity contribution < 1.29 is 9.59 Å². The number of hydrogen-bond donors (Lipinski definition) is 0. The fourth-order valence-corrected chi connectivity index (χ4v) is 4.52. The minimum Gasteiger partial charge on any atom is -0.341 e. The Hall–Kier alpha value is -2.70. The van der Waals surface area contributed by atoms with Gasteiger partial charge in [0.15, 0.2) is 0 Å². The number of hydrogen-bond acceptors (Lipinski definition) is 4. The van der Waals surface area contributed by atoms with Crippen LogP contribution in [0.3, 0.4) is 0 Å². The number of piperidine rings is 2. The van der Waals surface area contributed by atoms with Crippen LogP contribution in [0.1, 0.15) is 42.8 Å². The fourth-order valence-electron chi connectivity index (χ4n) is 4.52. The third-order valence-electron chi connectivity index (χ3n) is 6.65. The first-order chi connectivity index (χ1) is 14.0. The van der Waals surface area contributed by atoms with Crippen molar-refractivity contribution >= 4 is 11.8 Å². The molecular formula is C22H29N5O2. The molecule has 29 heavy (non-hydrogen) atoms. The van der Waals surface area contributed by atoms with Crippen LogP contribution in [0.4, 0.5) is 0 Å². The van der Waals surface area contributed by atoms with E-state index in [9.17, 15) is 9.59 Å². The topological polar surface area (TPSA) is 71.3 Å². The van der Waals surface area contributed by atoms with Gasteiger partial charge in [-0.15, -0.1) is 0 Å². The van der Waals surface area contributed by atoms with Gasteiger partial charge >= 0.3 is 0 Å². The normalized spacial score (nSPS) is 19.0. The smallest absolute Gasteiger partial charge is 0.242 e. The average Bonchev–Trinajstić information content (AvgIpc) is 3.04. The predicted molar refractivity (Wildman–Crippen MR) is 109 cm³/mol. The summed E-state index contributed by atoms with van der Waals surface area (Å²) in [4.78, 5) is 37.8. The number of likely N-dealkylation sites (tertiary alicyclic amines) is 2. The molecule has 0 atom stereocenters. The van der Waals surface area contributed by atoms with E-state index in [0.717, 1.165) is 56.0 Å². The van der Waals surface area contributed by atoms with Crippen LogP contribution in [0.2, 0.25) is 0 Å². The van der Waals surface area contributed by atoms with Gasteiger partial charge in [0.2, 0.25) is 11.8 Å². The first kappa shape index (κ1) is 19.6. The average molecular weight is 396 g/mol. The number of imidazole rings is 1. The van der Waals surface area contributed by atoms with Crippen molar-refractivity contribution in [3.63, 3.8) is 0 Å². The van der Waals surface area contributed by atoms with Gasteiger partial charge in [0.1, 0.15) is 6.54 Å². The number of pyridine rings is 1. The van der Waals surface area contributed by atoms with Gasteiger partial charge in [-0.2, -0.15) is 0 Å². The second-order valence-corrected chi connectivity index (χ2v) is 8.49. The van der Waals surface area contributed by atoms with E-state index in [1.54, 1.807) is 12.5 Å². The number of rotatable bonds is 4. The monoisotopic (exact) mass is 395 g/mol. The Morgan fingerprint density at radius 1 is 1.14 bits per heavy atom. The molecule has 0 radical (unpaired) electrons. The number of nitrogens with zero attached hydrogens (tertiary/aromatic N) is 5. The molecule has 0 aromatic carbocycles. The van der Waals surface area contributed by atoms with Crippen molar-refractivity contribution in [1.29, 1.82) is 0 Å². The maximum Gasteiger partial charge on any atom is 0.242 e. The number of carbonyl (C=O) groups is 2. The Morgan fingerprint density at radius 3 is 2.59 bits per heavy atom. The number of aryl methyl sites for hydroxylation is 1. The zero-order valence-corrected chi connectivity index (χ0v) is 17.3. The van der Waals surface area contributed by atoms with Crippen LogP contribution >= 0.6 is 0 Å². The Kier molecular flexibility index (Phi) is 5.39. The summed E-state index contributed by atoms with van der Waals surface area (Å²) in [5.74, 6) is 0.364. The first-order valence-electron chi connectivity index (χ1n) is 10.4. The van der Waals surface area contributed by atoms with Gasteiger partial charge in [-0.05, 0) is 50.7 Å². The molecular weight excluding hydrogens is 366 g/mol. The number of aromatic nitrogens is 3. The molecule has 0 bridgehead atoms. The van der Waals surface area contributed by atoms with Crippen molar-refractivity contribution in [3.8, 4) is 0 Å². The fraction of sp³-hybridized carbons (Fsp3) is 0.545. The highest BCUT2D eigenvalue weighted by Gasteiger charge is 2.41. The van der Waals surface area contributed by atoms with Gasteiger partial charge in [-0.1, -0.05) is 6.07 Å². The minimum atomic E-state index is 0.126. The summed E-state index contributed by atoms with van der Waals surface area (Å²) in [5.41, 5.74) is 3.07. The molecule has 0 unspecified atom stereocenters. The first-order valence-corrected chi connectivity index (χ1v) is 10.4. The lowest BCUT2D eigenvalue weighted by atomic mass is 9.72. The molecule has 2 aliphatic rings. The molecule has 7 heteroatoms. The van der Waals surface area contributed by atoms with Gasteiger partial charge < -0.3 is 14.4 Å². The molecule has 2 aromatic rings. The standard InChI is InChI=1S/C22H29N5O2/c1-17-18(2)27(16-24-17)14-21(29)25-11-8-22(9-12-25)7-6-20(28)26(15-22)13-19-5-3-4-10-23-19/h3-5,10,16H,6-9,11-15H2,1-2H3. The van der Waals surface area contributed by atoms with Crippen molar-refractivity contribution in [2.75, 3.05) is 19.6 Å². The summed E-state index contributed by atoms with van der Waals surface area (Å²) in [7, 11) is 0. The molecule has 2 aromatic heterocycles. The Labute approximate surface area is 171 Å². The van der Waals surface area contributed by atoms with Crippen LogP contribution in [0, 0.1) is 19.3 Å². The molecule has 2 fully saturated rings. The van der Waals surface area contributed by atoms with Crippen molar-refractivity contribution in [2.45, 2.75) is 52.6 Å². The van der Waals surface area contributed by atoms with Gasteiger partial charge in [0.25, 0.3) is 0 Å². The summed E-state index contributed by atoms with van der Waals surface area (Å²) in [6, 6.07) is 5.82. The molecule has 1 spiro atoms. The van der Waals surface area contributed by atoms with Gasteiger partial charge in [0, 0.05) is 37.9 Å². The summed E-state index contributed by atoms with van der Waals surface area (Å²) in [6.07, 6.45) is 6.93. The van der Waals surface area contributed by atoms with E-state index in [1.165, 1.54) is 0 Å². The van der Waals surface area contributed by atoms with E-state index < -0.39 is 0 Å². The van der Waals surface area contributed by atoms with E-state index in [-0.39, 0.29) is 17.2 Å². The highest BCUT2D eigenvalue weighted by molar-refractivity contribution is 5.77. The van der Waals surface area contributed by atoms with Crippen molar-refractivity contribution in [1.82, 2.24) is 24.3 Å². The molecule has 2 aliphatic heterocycles. The quantitative estimate of drug-likeness (QED) is 0.797. The number of amides is 2. The summed E-state index contributed by atoms with van der Waals surface area (Å²) in [5, 5.41) is 0. The van der Waals surface area contributed by atoms with Crippen molar-refractivity contribution in [3.05, 3.63) is 47.8 Å². The van der Waals surface area contributed by atoms with E-state index in [4.69, 9.17) is 0 Å². The zero-order valence-electron chi connectivity index (χ0n) is 17.3. The van der Waals surface area contributed by atoms with Gasteiger partial charge in [-0.3, -0.25) is 14.6 Å². The minimum absolute atomic E-state index is 0.126. The molecule has 4 heterocycles. The van der Waals surface area contributed by atoms with Crippen LogP contribution in [0.25, 0.3) is 0 Å². The molecule has 154 valence electrons. The molecule has 7 nitrogen and oxygen atoms in total. The molecule has 0 N–H and O–H groups in total. The molecule has 2 amide bonds. The zero-order chi connectivity index (χ0) is 20.4. The summed E-state index contributed by atoms with van der Waals surface area (Å²) in [6.45, 7) is 7.17. The van der Waals surface area contributed by atoms with Crippen LogP contribution in [-0.2, 0) is 22.7 Å². The Bertz CT molecular complexity index is 884. The third kappa shape index (κ3) is 4.18. The lowest BCUT2D eigenvalue weighted by Crippen LogP contribution is -2.52. The molecule has 4 rings (SSSR count). The lowest BCUT2D eigenvalue weighted by molar-refractivity contribution is -0.143. The summed E-state index contributed by atoms with van der Waals surface area (Å²) >= 11 is 0. The van der Waals surface area contributed by atoms with Crippen LogP contribution in [0.5, 0.6) is 0 Å². The van der Waals surface area contributed by atoms with Gasteiger partial charge in [-0.25, -0.2) is 4.98 Å². The maximum atomic E-state index is 12.8. The van der Waals surface area contributed by atoms with E-state index >= 15 is 0 Å². The molecule has 0 saturated carbocycles. The molecule has 2 saturated heterocycles. The lowest BCUT2D eigenvalue weighted by Gasteiger charge is -2.47. The van der Waals surface area contributed by atoms with Crippen LogP contribution in [-0.4, -0.2) is 55.8 Å². The van der Waals surface area contributed by atoms with E-state index in [0.29, 0.717) is 19.5 Å². The maximum absolute atomic E-state index is 12.8. The highest BCUT2D eigenvalue weighted by atomic mass is 16.2. The van der Waals surface area contributed by atoms with E-state index in [2.05, 4.69) is 9.97 Å². The second-order valence-electron chi connectivity index (χ2n) is 8.49. The Balaban J connectivity index is 1.35. The van der Waals surface area contributed by atoms with E-state index in [1.807, 2.05) is 46.4 Å². The highest BCUT2D eigenvalue weighted by Crippen LogP contribution is 2.40.